The quantitative estimate of drug-likeness (QED) is 0.395. The van der Waals surface area contributed by atoms with E-state index < -0.39 is 52.0 Å². The minimum atomic E-state index is -4.65. The molecule has 32 heavy (non-hydrogen) atoms. The van der Waals surface area contributed by atoms with Gasteiger partial charge in [-0.15, -0.1) is 0 Å². The van der Waals surface area contributed by atoms with Gasteiger partial charge in [-0.3, -0.25) is 0 Å². The summed E-state index contributed by atoms with van der Waals surface area (Å²) in [7, 11) is 3.67. The summed E-state index contributed by atoms with van der Waals surface area (Å²) < 4.78 is 70.8. The normalized spacial score (nSPS) is 14.2. The number of benzene rings is 1. The summed E-state index contributed by atoms with van der Waals surface area (Å²) in [6.45, 7) is 1.44. The van der Waals surface area contributed by atoms with Crippen LogP contribution in [0, 0.1) is 11.6 Å². The maximum absolute atomic E-state index is 15.1. The first kappa shape index (κ1) is 24.1. The summed E-state index contributed by atoms with van der Waals surface area (Å²) in [6.07, 6.45) is -3.18. The summed E-state index contributed by atoms with van der Waals surface area (Å²) in [4.78, 5) is 9.56. The number of anilines is 1. The van der Waals surface area contributed by atoms with Crippen LogP contribution < -0.4 is 11.1 Å². The van der Waals surface area contributed by atoms with Crippen molar-refractivity contribution in [3.63, 3.8) is 0 Å². The Balaban J connectivity index is 2.15. The average Bonchev–Trinajstić information content (AvgIpc) is 3.14. The summed E-state index contributed by atoms with van der Waals surface area (Å²) in [5.41, 5.74) is 5.18. The van der Waals surface area contributed by atoms with Crippen molar-refractivity contribution in [1.29, 1.82) is 0 Å². The number of nitrogens with one attached hydrogen (secondary N) is 1. The molecule has 2 aromatic heterocycles. The van der Waals surface area contributed by atoms with Gasteiger partial charge in [-0.25, -0.2) is 8.78 Å². The SMILES string of the molecule is C[C@@H](Nc1c(-c2c(F)cc(C(N)CCN(C)C)cc2F)c(Cl)nc2ncnn12)C(F)(F)F. The minimum Gasteiger partial charge on any atom is -0.358 e. The molecule has 0 saturated heterocycles. The largest absolute Gasteiger partial charge is 0.408 e. The zero-order valence-corrected chi connectivity index (χ0v) is 18.1. The van der Waals surface area contributed by atoms with Crippen LogP contribution in [-0.2, 0) is 0 Å². The van der Waals surface area contributed by atoms with Gasteiger partial charge in [-0.1, -0.05) is 11.6 Å². The average molecular weight is 478 g/mol. The molecule has 3 aromatic rings. The van der Waals surface area contributed by atoms with Gasteiger partial charge in [-0.2, -0.15) is 32.8 Å². The number of hydrogen-bond acceptors (Lipinski definition) is 6. The molecule has 0 spiro atoms. The standard InChI is InChI=1S/C19H21ClF5N7/c1-9(19(23,24)25)29-17-15(16(20)30-18-27-8-28-32(17)18)14-11(21)6-10(7-12(14)22)13(26)4-5-31(2)3/h6-9,13,29H,4-5,26H2,1-3H3/t9-,13?/m1/s1. The van der Waals surface area contributed by atoms with Crippen LogP contribution in [0.4, 0.5) is 27.8 Å². The predicted octanol–water partition coefficient (Wildman–Crippen LogP) is 4.04. The Labute approximate surface area is 185 Å². The van der Waals surface area contributed by atoms with Gasteiger partial charge in [0.1, 0.15) is 35.0 Å². The summed E-state index contributed by atoms with van der Waals surface area (Å²) >= 11 is 6.15. The first-order valence-corrected chi connectivity index (χ1v) is 9.90. The number of rotatable bonds is 7. The monoisotopic (exact) mass is 477 g/mol. The molecule has 2 atom stereocenters. The van der Waals surface area contributed by atoms with E-state index in [1.165, 1.54) is 0 Å². The zero-order chi connectivity index (χ0) is 23.8. The molecule has 0 aliphatic rings. The van der Waals surface area contributed by atoms with E-state index >= 15 is 8.78 Å². The van der Waals surface area contributed by atoms with Gasteiger partial charge in [0.25, 0.3) is 5.78 Å². The maximum atomic E-state index is 15.1. The van der Waals surface area contributed by atoms with Crippen LogP contribution in [0.25, 0.3) is 16.9 Å². The molecule has 174 valence electrons. The van der Waals surface area contributed by atoms with Crippen molar-refractivity contribution in [2.75, 3.05) is 26.0 Å². The van der Waals surface area contributed by atoms with Gasteiger partial charge in [-0.05, 0) is 51.7 Å². The highest BCUT2D eigenvalue weighted by Gasteiger charge is 2.37. The van der Waals surface area contributed by atoms with E-state index in [0.29, 0.717) is 13.0 Å². The summed E-state index contributed by atoms with van der Waals surface area (Å²) in [6, 6.07) is -0.656. The Kier molecular flexibility index (Phi) is 6.86. The van der Waals surface area contributed by atoms with Gasteiger partial charge in [0.05, 0.1) is 11.1 Å². The third-order valence-corrected chi connectivity index (χ3v) is 5.13. The molecule has 0 radical (unpaired) electrons. The Hall–Kier alpha value is -2.57. The lowest BCUT2D eigenvalue weighted by Gasteiger charge is -2.22. The molecule has 1 aromatic carbocycles. The van der Waals surface area contributed by atoms with Crippen molar-refractivity contribution in [3.8, 4) is 11.1 Å². The topological polar surface area (TPSA) is 84.4 Å². The second kappa shape index (κ2) is 9.12. The minimum absolute atomic E-state index is 0.140. The van der Waals surface area contributed by atoms with E-state index in [4.69, 9.17) is 17.3 Å². The van der Waals surface area contributed by atoms with Crippen LogP contribution in [0.5, 0.6) is 0 Å². The van der Waals surface area contributed by atoms with E-state index in [-0.39, 0.29) is 11.3 Å². The molecule has 0 amide bonds. The van der Waals surface area contributed by atoms with Crippen molar-refractivity contribution in [1.82, 2.24) is 24.5 Å². The van der Waals surface area contributed by atoms with Gasteiger partial charge in [0.15, 0.2) is 0 Å². The second-order valence-corrected chi connectivity index (χ2v) is 7.92. The van der Waals surface area contributed by atoms with Crippen molar-refractivity contribution < 1.29 is 22.0 Å². The molecule has 3 rings (SSSR count). The van der Waals surface area contributed by atoms with E-state index in [9.17, 15) is 13.2 Å². The Morgan fingerprint density at radius 2 is 1.81 bits per heavy atom. The smallest absolute Gasteiger partial charge is 0.358 e. The molecule has 0 aliphatic carbocycles. The van der Waals surface area contributed by atoms with Crippen LogP contribution in [0.15, 0.2) is 18.5 Å². The number of alkyl halides is 3. The summed E-state index contributed by atoms with van der Waals surface area (Å²) in [5, 5.41) is 5.56. The molecule has 0 aliphatic heterocycles. The highest BCUT2D eigenvalue weighted by Crippen LogP contribution is 2.39. The van der Waals surface area contributed by atoms with E-state index in [2.05, 4.69) is 20.4 Å². The molecule has 1 unspecified atom stereocenters. The number of nitrogens with two attached hydrogens (primary N) is 1. The van der Waals surface area contributed by atoms with Crippen LogP contribution in [0.2, 0.25) is 5.15 Å². The number of aromatic nitrogens is 4. The molecule has 7 nitrogen and oxygen atoms in total. The van der Waals surface area contributed by atoms with Gasteiger partial charge in [0, 0.05) is 6.04 Å². The number of halogens is 6. The van der Waals surface area contributed by atoms with E-state index in [1.807, 2.05) is 19.0 Å². The zero-order valence-electron chi connectivity index (χ0n) is 17.4. The van der Waals surface area contributed by atoms with Crippen LogP contribution in [0.1, 0.15) is 24.9 Å². The maximum Gasteiger partial charge on any atom is 0.408 e. The molecule has 0 saturated carbocycles. The summed E-state index contributed by atoms with van der Waals surface area (Å²) in [5.74, 6) is -2.64. The van der Waals surface area contributed by atoms with Crippen molar-refractivity contribution in [2.45, 2.75) is 31.6 Å². The molecule has 13 heteroatoms. The predicted molar refractivity (Wildman–Crippen MR) is 110 cm³/mol. The molecular formula is C19H21ClF5N7. The molecule has 0 fully saturated rings. The van der Waals surface area contributed by atoms with Crippen LogP contribution in [0.3, 0.4) is 0 Å². The fourth-order valence-electron chi connectivity index (χ4n) is 3.07. The lowest BCUT2D eigenvalue weighted by atomic mass is 9.98. The van der Waals surface area contributed by atoms with E-state index in [0.717, 1.165) is 29.9 Å². The highest BCUT2D eigenvalue weighted by atomic mass is 35.5. The lowest BCUT2D eigenvalue weighted by Crippen LogP contribution is -2.34. The lowest BCUT2D eigenvalue weighted by molar-refractivity contribution is -0.138. The van der Waals surface area contributed by atoms with Gasteiger partial charge in [0.2, 0.25) is 0 Å². The van der Waals surface area contributed by atoms with Gasteiger partial charge >= 0.3 is 6.18 Å². The number of hydrogen-bond donors (Lipinski definition) is 2. The van der Waals surface area contributed by atoms with E-state index in [1.54, 1.807) is 0 Å². The third kappa shape index (κ3) is 4.92. The molecule has 3 N–H and O–H groups in total. The van der Waals surface area contributed by atoms with Crippen LogP contribution >= 0.6 is 11.6 Å². The number of nitrogens with zero attached hydrogens (tertiary/aromatic N) is 5. The van der Waals surface area contributed by atoms with Gasteiger partial charge < -0.3 is 16.0 Å². The Bertz CT molecular complexity index is 1090. The third-order valence-electron chi connectivity index (χ3n) is 4.86. The number of fused-ring (bicyclic) bond motifs is 1. The first-order valence-electron chi connectivity index (χ1n) is 9.52. The van der Waals surface area contributed by atoms with Crippen molar-refractivity contribution in [2.24, 2.45) is 5.73 Å². The van der Waals surface area contributed by atoms with Crippen LogP contribution in [-0.4, -0.2) is 57.3 Å². The van der Waals surface area contributed by atoms with Crippen molar-refractivity contribution >= 4 is 23.2 Å². The fourth-order valence-corrected chi connectivity index (χ4v) is 3.33. The molecule has 0 bridgehead atoms. The molecule has 2 heterocycles. The fraction of sp³-hybridized carbons (Fsp3) is 0.421. The molecular weight excluding hydrogens is 457 g/mol. The highest BCUT2D eigenvalue weighted by molar-refractivity contribution is 6.33. The second-order valence-electron chi connectivity index (χ2n) is 7.56. The van der Waals surface area contributed by atoms with Crippen molar-refractivity contribution in [3.05, 3.63) is 40.8 Å². The Morgan fingerprint density at radius 1 is 1.19 bits per heavy atom. The Morgan fingerprint density at radius 3 is 2.38 bits per heavy atom. The first-order chi connectivity index (χ1) is 14.9.